The Hall–Kier alpha value is -2.11. The van der Waals surface area contributed by atoms with E-state index >= 15 is 0 Å². The van der Waals surface area contributed by atoms with Crippen LogP contribution in [0.15, 0.2) is 18.5 Å². The van der Waals surface area contributed by atoms with Gasteiger partial charge >= 0.3 is 12.0 Å². The van der Waals surface area contributed by atoms with Crippen molar-refractivity contribution in [1.29, 1.82) is 0 Å². The molecule has 1 aromatic rings. The Labute approximate surface area is 106 Å². The third kappa shape index (κ3) is 4.04. The zero-order chi connectivity index (χ0) is 13.5. The molecule has 1 heterocycles. The van der Waals surface area contributed by atoms with Crippen molar-refractivity contribution >= 4 is 17.7 Å². The van der Waals surface area contributed by atoms with Crippen molar-refractivity contribution in [2.45, 2.75) is 20.3 Å². The molecule has 98 valence electrons. The quantitative estimate of drug-likeness (QED) is 0.834. The van der Waals surface area contributed by atoms with Crippen molar-refractivity contribution in [1.82, 2.24) is 9.88 Å². The zero-order valence-electron chi connectivity index (χ0n) is 10.5. The summed E-state index contributed by atoms with van der Waals surface area (Å²) < 4.78 is 0. The lowest BCUT2D eigenvalue weighted by molar-refractivity contribution is -0.137. The number of pyridine rings is 1. The Balaban J connectivity index is 2.62. The molecule has 0 saturated heterocycles. The molecule has 18 heavy (non-hydrogen) atoms. The van der Waals surface area contributed by atoms with Crippen molar-refractivity contribution in [3.05, 3.63) is 24.0 Å². The summed E-state index contributed by atoms with van der Waals surface area (Å²) in [5, 5.41) is 11.3. The summed E-state index contributed by atoms with van der Waals surface area (Å²) in [6.45, 7) is 4.32. The summed E-state index contributed by atoms with van der Waals surface area (Å²) in [4.78, 5) is 27.8. The molecule has 0 atom stereocenters. The first-order chi connectivity index (χ1) is 8.54. The fourth-order valence-corrected chi connectivity index (χ4v) is 1.42. The smallest absolute Gasteiger partial charge is 0.321 e. The van der Waals surface area contributed by atoms with Crippen LogP contribution in [0.2, 0.25) is 0 Å². The Morgan fingerprint density at radius 2 is 2.22 bits per heavy atom. The number of nitrogens with one attached hydrogen (secondary N) is 1. The van der Waals surface area contributed by atoms with Gasteiger partial charge in [0.25, 0.3) is 0 Å². The maximum atomic E-state index is 11.9. The molecule has 0 bridgehead atoms. The minimum absolute atomic E-state index is 0.0622. The van der Waals surface area contributed by atoms with Crippen LogP contribution < -0.4 is 5.32 Å². The molecule has 0 radical (unpaired) electrons. The Bertz CT molecular complexity index is 434. The van der Waals surface area contributed by atoms with Crippen LogP contribution in [0.25, 0.3) is 0 Å². The second kappa shape index (κ2) is 6.58. The first-order valence-electron chi connectivity index (χ1n) is 5.73. The molecule has 0 aliphatic carbocycles. The summed E-state index contributed by atoms with van der Waals surface area (Å²) >= 11 is 0. The monoisotopic (exact) mass is 251 g/mol. The van der Waals surface area contributed by atoms with Gasteiger partial charge in [-0.1, -0.05) is 0 Å². The van der Waals surface area contributed by atoms with E-state index in [2.05, 4.69) is 10.3 Å². The highest BCUT2D eigenvalue weighted by molar-refractivity contribution is 5.90. The minimum atomic E-state index is -0.918. The molecular weight excluding hydrogens is 234 g/mol. The second-order valence-corrected chi connectivity index (χ2v) is 3.84. The van der Waals surface area contributed by atoms with Crippen LogP contribution in [0.4, 0.5) is 10.5 Å². The average Bonchev–Trinajstić information content (AvgIpc) is 2.32. The molecule has 6 heteroatoms. The van der Waals surface area contributed by atoms with Gasteiger partial charge in [-0.2, -0.15) is 0 Å². The lowest BCUT2D eigenvalue weighted by atomic mass is 10.2. The van der Waals surface area contributed by atoms with E-state index in [1.807, 2.05) is 6.92 Å². The predicted octanol–water partition coefficient (Wildman–Crippen LogP) is 1.72. The van der Waals surface area contributed by atoms with Crippen molar-refractivity contribution in [3.8, 4) is 0 Å². The highest BCUT2D eigenvalue weighted by Crippen LogP contribution is 2.12. The molecule has 0 spiro atoms. The number of carbonyl (C=O) groups excluding carboxylic acids is 1. The minimum Gasteiger partial charge on any atom is -0.481 e. The molecule has 0 saturated carbocycles. The largest absolute Gasteiger partial charge is 0.481 e. The molecular formula is C12H17N3O3. The van der Waals surface area contributed by atoms with Gasteiger partial charge in [0, 0.05) is 19.3 Å². The van der Waals surface area contributed by atoms with Gasteiger partial charge in [-0.3, -0.25) is 9.78 Å². The van der Waals surface area contributed by atoms with Gasteiger partial charge in [0.05, 0.1) is 18.3 Å². The molecule has 0 aromatic carbocycles. The lowest BCUT2D eigenvalue weighted by Gasteiger charge is -2.20. The van der Waals surface area contributed by atoms with Crippen LogP contribution in [0, 0.1) is 6.92 Å². The maximum Gasteiger partial charge on any atom is 0.321 e. The highest BCUT2D eigenvalue weighted by Gasteiger charge is 2.13. The number of carboxylic acids is 1. The summed E-state index contributed by atoms with van der Waals surface area (Å²) in [5.74, 6) is -0.918. The van der Waals surface area contributed by atoms with Gasteiger partial charge in [-0.05, 0) is 25.5 Å². The maximum absolute atomic E-state index is 11.9. The van der Waals surface area contributed by atoms with Gasteiger partial charge in [0.2, 0.25) is 0 Å². The first kappa shape index (κ1) is 14.0. The first-order valence-corrected chi connectivity index (χ1v) is 5.73. The zero-order valence-corrected chi connectivity index (χ0v) is 10.5. The highest BCUT2D eigenvalue weighted by atomic mass is 16.4. The molecule has 2 N–H and O–H groups in total. The van der Waals surface area contributed by atoms with Crippen molar-refractivity contribution < 1.29 is 14.7 Å². The Morgan fingerprint density at radius 1 is 1.50 bits per heavy atom. The van der Waals surface area contributed by atoms with Gasteiger partial charge < -0.3 is 15.3 Å². The fraction of sp³-hybridized carbons (Fsp3) is 0.417. The van der Waals surface area contributed by atoms with Crippen LogP contribution >= 0.6 is 0 Å². The van der Waals surface area contributed by atoms with E-state index < -0.39 is 5.97 Å². The number of urea groups is 1. The van der Waals surface area contributed by atoms with Crippen LogP contribution in [-0.4, -0.2) is 40.1 Å². The summed E-state index contributed by atoms with van der Waals surface area (Å²) in [6.07, 6.45) is 3.15. The number of amides is 2. The number of carbonyl (C=O) groups is 2. The Morgan fingerprint density at radius 3 is 2.78 bits per heavy atom. The topological polar surface area (TPSA) is 82.5 Å². The van der Waals surface area contributed by atoms with Gasteiger partial charge in [-0.15, -0.1) is 0 Å². The second-order valence-electron chi connectivity index (χ2n) is 3.84. The molecule has 6 nitrogen and oxygen atoms in total. The number of hydrogen-bond donors (Lipinski definition) is 2. The number of anilines is 1. The SMILES string of the molecule is CCN(CCC(=O)O)C(=O)Nc1cnccc1C. The molecule has 0 unspecified atom stereocenters. The van der Waals surface area contributed by atoms with Crippen LogP contribution in [0.1, 0.15) is 18.9 Å². The van der Waals surface area contributed by atoms with Crippen LogP contribution in [0.3, 0.4) is 0 Å². The average molecular weight is 251 g/mol. The van der Waals surface area contributed by atoms with E-state index in [1.165, 1.54) is 4.90 Å². The molecule has 1 rings (SSSR count). The summed E-state index contributed by atoms with van der Waals surface area (Å²) in [7, 11) is 0. The van der Waals surface area contributed by atoms with Gasteiger partial charge in [-0.25, -0.2) is 4.79 Å². The third-order valence-electron chi connectivity index (χ3n) is 2.55. The summed E-state index contributed by atoms with van der Waals surface area (Å²) in [6, 6.07) is 1.48. The molecule has 0 aliphatic rings. The summed E-state index contributed by atoms with van der Waals surface area (Å²) in [5.41, 5.74) is 1.55. The number of rotatable bonds is 5. The van der Waals surface area contributed by atoms with E-state index in [-0.39, 0.29) is 19.0 Å². The number of aromatic nitrogens is 1. The fourth-order valence-electron chi connectivity index (χ4n) is 1.42. The number of nitrogens with zero attached hydrogens (tertiary/aromatic N) is 2. The van der Waals surface area contributed by atoms with Crippen LogP contribution in [0.5, 0.6) is 0 Å². The normalized spacial score (nSPS) is 9.89. The number of hydrogen-bond acceptors (Lipinski definition) is 3. The van der Waals surface area contributed by atoms with Crippen molar-refractivity contribution in [3.63, 3.8) is 0 Å². The van der Waals surface area contributed by atoms with E-state index in [4.69, 9.17) is 5.11 Å². The van der Waals surface area contributed by atoms with Gasteiger partial charge in [0.15, 0.2) is 0 Å². The number of aliphatic carboxylic acids is 1. The standard InChI is InChI=1S/C12H17N3O3/c1-3-15(7-5-11(16)17)12(18)14-10-8-13-6-4-9(10)2/h4,6,8H,3,5,7H2,1-2H3,(H,14,18)(H,16,17). The predicted molar refractivity (Wildman–Crippen MR) is 67.5 cm³/mol. The van der Waals surface area contributed by atoms with E-state index in [0.717, 1.165) is 5.56 Å². The van der Waals surface area contributed by atoms with Crippen LogP contribution in [-0.2, 0) is 4.79 Å². The van der Waals surface area contributed by atoms with Gasteiger partial charge in [0.1, 0.15) is 0 Å². The third-order valence-corrected chi connectivity index (χ3v) is 2.55. The molecule has 0 fully saturated rings. The van der Waals surface area contributed by atoms with E-state index in [9.17, 15) is 9.59 Å². The molecule has 2 amide bonds. The van der Waals surface area contributed by atoms with Crippen molar-refractivity contribution in [2.24, 2.45) is 0 Å². The lowest BCUT2D eigenvalue weighted by Crippen LogP contribution is -2.36. The van der Waals surface area contributed by atoms with E-state index in [1.54, 1.807) is 25.4 Å². The molecule has 1 aromatic heterocycles. The van der Waals surface area contributed by atoms with E-state index in [0.29, 0.717) is 12.2 Å². The van der Waals surface area contributed by atoms with Crippen molar-refractivity contribution in [2.75, 3.05) is 18.4 Å². The number of aryl methyl sites for hydroxylation is 1. The Kier molecular flexibility index (Phi) is 5.10. The molecule has 0 aliphatic heterocycles. The number of carboxylic acid groups (broad SMARTS) is 1.